The first-order chi connectivity index (χ1) is 7.86. The standard InChI is InChI=1S/C13H10N2O/c16-13(12-6-2-4-10-15-12)8-7-11-5-1-3-9-14-11/h1-10H/b8-7+. The molecule has 2 heterocycles. The zero-order valence-electron chi connectivity index (χ0n) is 8.58. The molecule has 2 aromatic heterocycles. The lowest BCUT2D eigenvalue weighted by molar-refractivity contribution is 0.104. The monoisotopic (exact) mass is 210 g/mol. The topological polar surface area (TPSA) is 42.9 Å². The summed E-state index contributed by atoms with van der Waals surface area (Å²) in [7, 11) is 0. The van der Waals surface area contributed by atoms with E-state index in [1.807, 2.05) is 18.2 Å². The molecule has 0 aromatic carbocycles. The quantitative estimate of drug-likeness (QED) is 0.577. The van der Waals surface area contributed by atoms with Gasteiger partial charge in [-0.25, -0.2) is 0 Å². The molecule has 3 nitrogen and oxygen atoms in total. The molecule has 0 fully saturated rings. The van der Waals surface area contributed by atoms with Crippen LogP contribution in [0.15, 0.2) is 54.9 Å². The highest BCUT2D eigenvalue weighted by Gasteiger charge is 2.00. The van der Waals surface area contributed by atoms with Crippen LogP contribution >= 0.6 is 0 Å². The van der Waals surface area contributed by atoms with Crippen LogP contribution in [0.3, 0.4) is 0 Å². The fourth-order valence-corrected chi connectivity index (χ4v) is 1.23. The minimum atomic E-state index is -0.119. The molecule has 0 radical (unpaired) electrons. The Bertz CT molecular complexity index is 492. The number of aromatic nitrogens is 2. The number of nitrogens with zero attached hydrogens (tertiary/aromatic N) is 2. The number of rotatable bonds is 3. The third-order valence-electron chi connectivity index (χ3n) is 2.01. The first-order valence-electron chi connectivity index (χ1n) is 4.91. The second kappa shape index (κ2) is 4.98. The highest BCUT2D eigenvalue weighted by Crippen LogP contribution is 2.00. The average molecular weight is 210 g/mol. The minimum Gasteiger partial charge on any atom is -0.288 e. The van der Waals surface area contributed by atoms with Gasteiger partial charge in [0.05, 0.1) is 5.69 Å². The zero-order valence-corrected chi connectivity index (χ0v) is 8.58. The number of hydrogen-bond donors (Lipinski definition) is 0. The van der Waals surface area contributed by atoms with Crippen molar-refractivity contribution >= 4 is 11.9 Å². The molecule has 0 bridgehead atoms. The van der Waals surface area contributed by atoms with Crippen LogP contribution in [0.1, 0.15) is 16.2 Å². The van der Waals surface area contributed by atoms with E-state index in [0.717, 1.165) is 5.69 Å². The molecular formula is C13H10N2O. The van der Waals surface area contributed by atoms with Crippen LogP contribution in [-0.2, 0) is 0 Å². The van der Waals surface area contributed by atoms with Gasteiger partial charge >= 0.3 is 0 Å². The smallest absolute Gasteiger partial charge is 0.204 e. The minimum absolute atomic E-state index is 0.119. The van der Waals surface area contributed by atoms with Gasteiger partial charge in [0.25, 0.3) is 0 Å². The summed E-state index contributed by atoms with van der Waals surface area (Å²) < 4.78 is 0. The van der Waals surface area contributed by atoms with Gasteiger partial charge in [0.2, 0.25) is 5.78 Å². The highest BCUT2D eigenvalue weighted by molar-refractivity contribution is 6.05. The first-order valence-corrected chi connectivity index (χ1v) is 4.91. The highest BCUT2D eigenvalue weighted by atomic mass is 16.1. The number of carbonyl (C=O) groups is 1. The van der Waals surface area contributed by atoms with Crippen molar-refractivity contribution in [1.82, 2.24) is 9.97 Å². The maximum atomic E-state index is 11.6. The molecule has 0 atom stereocenters. The van der Waals surface area contributed by atoms with Gasteiger partial charge in [-0.15, -0.1) is 0 Å². The number of carbonyl (C=O) groups excluding carboxylic acids is 1. The van der Waals surface area contributed by atoms with E-state index in [4.69, 9.17) is 0 Å². The van der Waals surface area contributed by atoms with E-state index in [1.165, 1.54) is 6.08 Å². The molecule has 0 N–H and O–H groups in total. The Kier molecular flexibility index (Phi) is 3.18. The van der Waals surface area contributed by atoms with Crippen LogP contribution in [0, 0.1) is 0 Å². The molecule has 2 rings (SSSR count). The molecule has 78 valence electrons. The largest absolute Gasteiger partial charge is 0.288 e. The van der Waals surface area contributed by atoms with E-state index in [9.17, 15) is 4.79 Å². The molecule has 0 saturated carbocycles. The molecular weight excluding hydrogens is 200 g/mol. The summed E-state index contributed by atoms with van der Waals surface area (Å²) in [5.41, 5.74) is 1.20. The number of pyridine rings is 2. The summed E-state index contributed by atoms with van der Waals surface area (Å²) in [5, 5.41) is 0. The molecule has 0 aliphatic rings. The van der Waals surface area contributed by atoms with Gasteiger partial charge in [0.1, 0.15) is 5.69 Å². The predicted octanol–water partition coefficient (Wildman–Crippen LogP) is 2.37. The number of hydrogen-bond acceptors (Lipinski definition) is 3. The fraction of sp³-hybridized carbons (Fsp3) is 0. The van der Waals surface area contributed by atoms with Crippen LogP contribution in [0.2, 0.25) is 0 Å². The molecule has 0 aliphatic carbocycles. The first kappa shape index (κ1) is 10.2. The van der Waals surface area contributed by atoms with E-state index >= 15 is 0 Å². The molecule has 0 aliphatic heterocycles. The Balaban J connectivity index is 2.12. The second-order valence-electron chi connectivity index (χ2n) is 3.17. The van der Waals surface area contributed by atoms with Gasteiger partial charge < -0.3 is 0 Å². The Hall–Kier alpha value is -2.29. The van der Waals surface area contributed by atoms with Gasteiger partial charge in [-0.3, -0.25) is 14.8 Å². The van der Waals surface area contributed by atoms with E-state index in [2.05, 4.69) is 9.97 Å². The molecule has 0 amide bonds. The lowest BCUT2D eigenvalue weighted by Gasteiger charge is -1.93. The Morgan fingerprint density at radius 1 is 1.00 bits per heavy atom. The van der Waals surface area contributed by atoms with Crippen LogP contribution in [-0.4, -0.2) is 15.8 Å². The summed E-state index contributed by atoms with van der Waals surface area (Å²) in [6, 6.07) is 10.8. The van der Waals surface area contributed by atoms with Crippen LogP contribution in [0.25, 0.3) is 6.08 Å². The summed E-state index contributed by atoms with van der Waals surface area (Å²) >= 11 is 0. The summed E-state index contributed by atoms with van der Waals surface area (Å²) in [6.45, 7) is 0. The lowest BCUT2D eigenvalue weighted by atomic mass is 10.2. The normalized spacial score (nSPS) is 10.5. The van der Waals surface area contributed by atoms with Crippen molar-refractivity contribution in [2.45, 2.75) is 0 Å². The number of ketones is 1. The SMILES string of the molecule is O=C(/C=C/c1ccccn1)c1ccccn1. The summed E-state index contributed by atoms with van der Waals surface area (Å²) in [6.07, 6.45) is 6.44. The van der Waals surface area contributed by atoms with Crippen molar-refractivity contribution in [1.29, 1.82) is 0 Å². The maximum absolute atomic E-state index is 11.6. The van der Waals surface area contributed by atoms with E-state index in [0.29, 0.717) is 5.69 Å². The van der Waals surface area contributed by atoms with Crippen molar-refractivity contribution in [2.75, 3.05) is 0 Å². The van der Waals surface area contributed by atoms with Gasteiger partial charge in [-0.1, -0.05) is 12.1 Å². The van der Waals surface area contributed by atoms with Gasteiger partial charge in [-0.2, -0.15) is 0 Å². The van der Waals surface area contributed by atoms with Gasteiger partial charge in [0.15, 0.2) is 0 Å². The van der Waals surface area contributed by atoms with E-state index in [-0.39, 0.29) is 5.78 Å². The van der Waals surface area contributed by atoms with Crippen molar-refractivity contribution < 1.29 is 4.79 Å². The molecule has 3 heteroatoms. The maximum Gasteiger partial charge on any atom is 0.204 e. The van der Waals surface area contributed by atoms with E-state index in [1.54, 1.807) is 36.7 Å². The van der Waals surface area contributed by atoms with Crippen molar-refractivity contribution in [3.05, 3.63) is 66.3 Å². The fourth-order valence-electron chi connectivity index (χ4n) is 1.23. The molecule has 0 spiro atoms. The second-order valence-corrected chi connectivity index (χ2v) is 3.17. The van der Waals surface area contributed by atoms with E-state index < -0.39 is 0 Å². The third kappa shape index (κ3) is 2.60. The summed E-state index contributed by atoms with van der Waals surface area (Å²) in [4.78, 5) is 19.7. The third-order valence-corrected chi connectivity index (χ3v) is 2.01. The van der Waals surface area contributed by atoms with Crippen molar-refractivity contribution in [3.8, 4) is 0 Å². The van der Waals surface area contributed by atoms with Crippen molar-refractivity contribution in [2.24, 2.45) is 0 Å². The average Bonchev–Trinajstić information content (AvgIpc) is 2.38. The van der Waals surface area contributed by atoms with Gasteiger partial charge in [0, 0.05) is 12.4 Å². The molecule has 2 aromatic rings. The zero-order chi connectivity index (χ0) is 11.2. The summed E-state index contributed by atoms with van der Waals surface area (Å²) in [5.74, 6) is -0.119. The van der Waals surface area contributed by atoms with Crippen LogP contribution < -0.4 is 0 Å². The van der Waals surface area contributed by atoms with Gasteiger partial charge in [-0.05, 0) is 36.4 Å². The Labute approximate surface area is 93.5 Å². The molecule has 0 unspecified atom stereocenters. The Morgan fingerprint density at radius 3 is 2.38 bits per heavy atom. The Morgan fingerprint density at radius 2 is 1.75 bits per heavy atom. The predicted molar refractivity (Wildman–Crippen MR) is 61.8 cm³/mol. The number of allylic oxidation sites excluding steroid dienone is 1. The van der Waals surface area contributed by atoms with Crippen LogP contribution in [0.4, 0.5) is 0 Å². The van der Waals surface area contributed by atoms with Crippen molar-refractivity contribution in [3.63, 3.8) is 0 Å². The molecule has 16 heavy (non-hydrogen) atoms. The van der Waals surface area contributed by atoms with Crippen LogP contribution in [0.5, 0.6) is 0 Å². The molecule has 0 saturated heterocycles. The lowest BCUT2D eigenvalue weighted by Crippen LogP contribution is -1.96.